The Labute approximate surface area is 108 Å². The van der Waals surface area contributed by atoms with Crippen LogP contribution in [0, 0.1) is 5.82 Å². The summed E-state index contributed by atoms with van der Waals surface area (Å²) in [7, 11) is 0. The lowest BCUT2D eigenvalue weighted by Crippen LogP contribution is -2.14. The maximum absolute atomic E-state index is 13.7. The minimum atomic E-state index is -0.140. The Balaban J connectivity index is 2.21. The molecule has 0 aliphatic carbocycles. The maximum atomic E-state index is 13.7. The van der Waals surface area contributed by atoms with E-state index in [0.717, 1.165) is 29.7 Å². The summed E-state index contributed by atoms with van der Waals surface area (Å²) >= 11 is 0. The summed E-state index contributed by atoms with van der Waals surface area (Å²) in [4.78, 5) is 0. The Hall–Kier alpha value is -1.67. The summed E-state index contributed by atoms with van der Waals surface area (Å²) in [6.07, 6.45) is 1.06. The van der Waals surface area contributed by atoms with Gasteiger partial charge in [-0.1, -0.05) is 43.3 Å². The molecule has 2 aromatic carbocycles. The van der Waals surface area contributed by atoms with E-state index in [0.29, 0.717) is 6.54 Å². The fourth-order valence-electron chi connectivity index (χ4n) is 1.92. The number of rotatable bonds is 5. The largest absolute Gasteiger partial charge is 0.313 e. The van der Waals surface area contributed by atoms with Gasteiger partial charge < -0.3 is 5.32 Å². The van der Waals surface area contributed by atoms with E-state index in [4.69, 9.17) is 0 Å². The van der Waals surface area contributed by atoms with E-state index in [9.17, 15) is 4.39 Å². The first-order chi connectivity index (χ1) is 8.81. The third-order valence-electron chi connectivity index (χ3n) is 2.90. The van der Waals surface area contributed by atoms with Crippen molar-refractivity contribution < 1.29 is 4.39 Å². The molecule has 0 fully saturated rings. The molecule has 2 rings (SSSR count). The smallest absolute Gasteiger partial charge is 0.127 e. The molecule has 0 spiro atoms. The molecule has 0 atom stereocenters. The first-order valence-electron chi connectivity index (χ1n) is 6.36. The van der Waals surface area contributed by atoms with Crippen LogP contribution in [-0.2, 0) is 6.54 Å². The van der Waals surface area contributed by atoms with Crippen LogP contribution in [-0.4, -0.2) is 6.54 Å². The van der Waals surface area contributed by atoms with Gasteiger partial charge in [-0.05, 0) is 36.2 Å². The predicted molar refractivity (Wildman–Crippen MR) is 73.8 cm³/mol. The molecule has 0 amide bonds. The van der Waals surface area contributed by atoms with Gasteiger partial charge in [-0.2, -0.15) is 0 Å². The predicted octanol–water partition coefficient (Wildman–Crippen LogP) is 3.99. The summed E-state index contributed by atoms with van der Waals surface area (Å²) in [5.74, 6) is -0.140. The average Bonchev–Trinajstić information content (AvgIpc) is 2.42. The van der Waals surface area contributed by atoms with Gasteiger partial charge in [-0.25, -0.2) is 4.39 Å². The Morgan fingerprint density at radius 1 is 1.00 bits per heavy atom. The van der Waals surface area contributed by atoms with E-state index in [2.05, 4.69) is 12.2 Å². The number of halogens is 1. The summed E-state index contributed by atoms with van der Waals surface area (Å²) in [5.41, 5.74) is 2.91. The highest BCUT2D eigenvalue weighted by Crippen LogP contribution is 2.21. The van der Waals surface area contributed by atoms with Crippen LogP contribution in [0.3, 0.4) is 0 Å². The van der Waals surface area contributed by atoms with Crippen molar-refractivity contribution in [1.82, 2.24) is 5.32 Å². The lowest BCUT2D eigenvalue weighted by atomic mass is 10.0. The molecule has 1 nitrogen and oxygen atoms in total. The summed E-state index contributed by atoms with van der Waals surface area (Å²) in [6, 6.07) is 15.3. The topological polar surface area (TPSA) is 12.0 Å². The molecular formula is C16H18FN. The van der Waals surface area contributed by atoms with Gasteiger partial charge in [0.05, 0.1) is 0 Å². The second-order valence-electron chi connectivity index (χ2n) is 4.35. The molecule has 94 valence electrons. The fraction of sp³-hybridized carbons (Fsp3) is 0.250. The van der Waals surface area contributed by atoms with Crippen LogP contribution < -0.4 is 5.32 Å². The second-order valence-corrected chi connectivity index (χ2v) is 4.35. The summed E-state index contributed by atoms with van der Waals surface area (Å²) < 4.78 is 13.7. The SMILES string of the molecule is CCCNCc1cc(-c2ccccc2)ccc1F. The van der Waals surface area contributed by atoms with Crippen molar-refractivity contribution in [2.45, 2.75) is 19.9 Å². The molecule has 0 aromatic heterocycles. The highest BCUT2D eigenvalue weighted by atomic mass is 19.1. The lowest BCUT2D eigenvalue weighted by Gasteiger charge is -2.08. The van der Waals surface area contributed by atoms with E-state index in [-0.39, 0.29) is 5.82 Å². The molecule has 0 aliphatic heterocycles. The monoisotopic (exact) mass is 243 g/mol. The first kappa shape index (κ1) is 12.8. The van der Waals surface area contributed by atoms with E-state index in [1.165, 1.54) is 0 Å². The van der Waals surface area contributed by atoms with Gasteiger partial charge in [0, 0.05) is 12.1 Å². The van der Waals surface area contributed by atoms with Gasteiger partial charge >= 0.3 is 0 Å². The Morgan fingerprint density at radius 3 is 2.50 bits per heavy atom. The molecule has 2 heteroatoms. The molecule has 0 aliphatic rings. The van der Waals surface area contributed by atoms with Crippen LogP contribution >= 0.6 is 0 Å². The second kappa shape index (κ2) is 6.31. The lowest BCUT2D eigenvalue weighted by molar-refractivity contribution is 0.587. The van der Waals surface area contributed by atoms with Gasteiger partial charge in [0.2, 0.25) is 0 Å². The third kappa shape index (κ3) is 3.17. The number of nitrogens with one attached hydrogen (secondary N) is 1. The summed E-state index contributed by atoms with van der Waals surface area (Å²) in [5, 5.41) is 3.23. The average molecular weight is 243 g/mol. The molecule has 1 N–H and O–H groups in total. The Kier molecular flexibility index (Phi) is 4.48. The van der Waals surface area contributed by atoms with Crippen LogP contribution in [0.4, 0.5) is 4.39 Å². The molecule has 2 aromatic rings. The van der Waals surface area contributed by atoms with Crippen molar-refractivity contribution >= 4 is 0 Å². The highest BCUT2D eigenvalue weighted by Gasteiger charge is 2.04. The number of hydrogen-bond acceptors (Lipinski definition) is 1. The van der Waals surface area contributed by atoms with Crippen molar-refractivity contribution in [2.24, 2.45) is 0 Å². The zero-order valence-electron chi connectivity index (χ0n) is 10.6. The quantitative estimate of drug-likeness (QED) is 0.783. The number of benzene rings is 2. The Morgan fingerprint density at radius 2 is 1.78 bits per heavy atom. The standard InChI is InChI=1S/C16H18FN/c1-2-10-18-12-15-11-14(8-9-16(15)17)13-6-4-3-5-7-13/h3-9,11,18H,2,10,12H2,1H3. The minimum absolute atomic E-state index is 0.140. The zero-order chi connectivity index (χ0) is 12.8. The van der Waals surface area contributed by atoms with E-state index >= 15 is 0 Å². The van der Waals surface area contributed by atoms with Gasteiger partial charge in [-0.15, -0.1) is 0 Å². The van der Waals surface area contributed by atoms with Crippen molar-refractivity contribution in [2.75, 3.05) is 6.54 Å². The van der Waals surface area contributed by atoms with Crippen LogP contribution in [0.25, 0.3) is 11.1 Å². The molecule has 0 saturated heterocycles. The van der Waals surface area contributed by atoms with Gasteiger partial charge in [0.1, 0.15) is 5.82 Å². The van der Waals surface area contributed by atoms with E-state index in [1.807, 2.05) is 42.5 Å². The van der Waals surface area contributed by atoms with Crippen molar-refractivity contribution in [1.29, 1.82) is 0 Å². The highest BCUT2D eigenvalue weighted by molar-refractivity contribution is 5.64. The molecule has 0 bridgehead atoms. The summed E-state index contributed by atoms with van der Waals surface area (Å²) in [6.45, 7) is 3.60. The molecule has 0 radical (unpaired) electrons. The van der Waals surface area contributed by atoms with Crippen molar-refractivity contribution in [3.05, 3.63) is 59.9 Å². The third-order valence-corrected chi connectivity index (χ3v) is 2.90. The molecular weight excluding hydrogens is 225 g/mol. The first-order valence-corrected chi connectivity index (χ1v) is 6.36. The van der Waals surface area contributed by atoms with E-state index < -0.39 is 0 Å². The minimum Gasteiger partial charge on any atom is -0.313 e. The molecule has 0 unspecified atom stereocenters. The van der Waals surface area contributed by atoms with E-state index in [1.54, 1.807) is 6.07 Å². The fourth-order valence-corrected chi connectivity index (χ4v) is 1.92. The van der Waals surface area contributed by atoms with Crippen LogP contribution in [0.5, 0.6) is 0 Å². The zero-order valence-corrected chi connectivity index (χ0v) is 10.6. The van der Waals surface area contributed by atoms with Crippen molar-refractivity contribution in [3.63, 3.8) is 0 Å². The van der Waals surface area contributed by atoms with Gasteiger partial charge in [0.15, 0.2) is 0 Å². The normalized spacial score (nSPS) is 10.6. The number of hydrogen-bond donors (Lipinski definition) is 1. The molecule has 0 heterocycles. The van der Waals surface area contributed by atoms with Crippen LogP contribution in [0.2, 0.25) is 0 Å². The van der Waals surface area contributed by atoms with Crippen LogP contribution in [0.15, 0.2) is 48.5 Å². The molecule has 18 heavy (non-hydrogen) atoms. The molecule has 0 saturated carbocycles. The Bertz CT molecular complexity index is 494. The van der Waals surface area contributed by atoms with Crippen LogP contribution in [0.1, 0.15) is 18.9 Å². The van der Waals surface area contributed by atoms with Gasteiger partial charge in [0.25, 0.3) is 0 Å². The van der Waals surface area contributed by atoms with Crippen molar-refractivity contribution in [3.8, 4) is 11.1 Å². The van der Waals surface area contributed by atoms with Gasteiger partial charge in [-0.3, -0.25) is 0 Å². The maximum Gasteiger partial charge on any atom is 0.127 e.